The predicted octanol–water partition coefficient (Wildman–Crippen LogP) is 1.50. The Hall–Kier alpha value is -1.75. The van der Waals surface area contributed by atoms with Gasteiger partial charge in [-0.3, -0.25) is 4.79 Å². The number of benzene rings is 1. The third-order valence-corrected chi connectivity index (χ3v) is 3.41. The molecule has 0 unspecified atom stereocenters. The third-order valence-electron chi connectivity index (χ3n) is 3.41. The van der Waals surface area contributed by atoms with Crippen molar-refractivity contribution in [2.45, 2.75) is 31.8 Å². The van der Waals surface area contributed by atoms with E-state index in [4.69, 9.17) is 9.47 Å². The number of rotatable bonds is 7. The molecule has 110 valence electrons. The van der Waals surface area contributed by atoms with Crippen LogP contribution in [-0.4, -0.2) is 36.4 Å². The van der Waals surface area contributed by atoms with Crippen LogP contribution in [0.4, 0.5) is 0 Å². The summed E-state index contributed by atoms with van der Waals surface area (Å²) >= 11 is 0. The van der Waals surface area contributed by atoms with Crippen LogP contribution in [0, 0.1) is 0 Å². The van der Waals surface area contributed by atoms with Crippen LogP contribution in [0.5, 0.6) is 11.5 Å². The van der Waals surface area contributed by atoms with Crippen molar-refractivity contribution in [1.29, 1.82) is 0 Å². The minimum Gasteiger partial charge on any atom is -0.490 e. The molecule has 1 amide bonds. The normalized spacial score (nSPS) is 16.1. The molecule has 1 aliphatic carbocycles. The largest absolute Gasteiger partial charge is 0.490 e. The van der Waals surface area contributed by atoms with Crippen molar-refractivity contribution in [1.82, 2.24) is 5.32 Å². The molecule has 2 rings (SSSR count). The SMILES string of the molecule is CCOc1ccccc1OCC(=O)NCC1(O)CCC1. The molecule has 2 N–H and O–H groups in total. The molecule has 1 fully saturated rings. The number of ether oxygens (including phenoxy) is 2. The molecule has 0 saturated heterocycles. The average Bonchev–Trinajstić information content (AvgIpc) is 2.42. The molecule has 1 saturated carbocycles. The van der Waals surface area contributed by atoms with Gasteiger partial charge in [0.2, 0.25) is 0 Å². The quantitative estimate of drug-likeness (QED) is 0.793. The summed E-state index contributed by atoms with van der Waals surface area (Å²) in [6, 6.07) is 7.24. The van der Waals surface area contributed by atoms with Crippen molar-refractivity contribution in [3.05, 3.63) is 24.3 Å². The molecule has 0 bridgehead atoms. The van der Waals surface area contributed by atoms with Crippen LogP contribution in [0.2, 0.25) is 0 Å². The molecule has 0 atom stereocenters. The van der Waals surface area contributed by atoms with Crippen LogP contribution >= 0.6 is 0 Å². The Morgan fingerprint density at radius 3 is 2.50 bits per heavy atom. The van der Waals surface area contributed by atoms with E-state index in [0.717, 1.165) is 19.3 Å². The maximum atomic E-state index is 11.7. The Kier molecular flexibility index (Phi) is 4.84. The minimum atomic E-state index is -0.709. The van der Waals surface area contributed by atoms with E-state index in [0.29, 0.717) is 24.7 Å². The summed E-state index contributed by atoms with van der Waals surface area (Å²) in [5.41, 5.74) is -0.709. The summed E-state index contributed by atoms with van der Waals surface area (Å²) in [6.07, 6.45) is 2.52. The fourth-order valence-electron chi connectivity index (χ4n) is 2.06. The van der Waals surface area contributed by atoms with Gasteiger partial charge in [-0.15, -0.1) is 0 Å². The molecule has 1 aromatic rings. The zero-order valence-electron chi connectivity index (χ0n) is 11.7. The number of amides is 1. The topological polar surface area (TPSA) is 67.8 Å². The number of nitrogens with one attached hydrogen (secondary N) is 1. The number of para-hydroxylation sites is 2. The van der Waals surface area contributed by atoms with Crippen LogP contribution in [0.15, 0.2) is 24.3 Å². The second kappa shape index (κ2) is 6.61. The van der Waals surface area contributed by atoms with Gasteiger partial charge in [0, 0.05) is 6.54 Å². The van der Waals surface area contributed by atoms with Crippen molar-refractivity contribution in [2.24, 2.45) is 0 Å². The molecule has 1 aliphatic rings. The summed E-state index contributed by atoms with van der Waals surface area (Å²) in [5, 5.41) is 12.6. The Morgan fingerprint density at radius 1 is 1.30 bits per heavy atom. The molecule has 5 heteroatoms. The van der Waals surface area contributed by atoms with Crippen molar-refractivity contribution in [3.8, 4) is 11.5 Å². The van der Waals surface area contributed by atoms with E-state index in [-0.39, 0.29) is 12.5 Å². The van der Waals surface area contributed by atoms with Gasteiger partial charge in [0.25, 0.3) is 5.91 Å². The van der Waals surface area contributed by atoms with Crippen molar-refractivity contribution >= 4 is 5.91 Å². The average molecular weight is 279 g/mol. The van der Waals surface area contributed by atoms with Gasteiger partial charge >= 0.3 is 0 Å². The first-order valence-electron chi connectivity index (χ1n) is 6.97. The van der Waals surface area contributed by atoms with Crippen LogP contribution in [0.3, 0.4) is 0 Å². The molecule has 5 nitrogen and oxygen atoms in total. The van der Waals surface area contributed by atoms with E-state index in [1.54, 1.807) is 12.1 Å². The lowest BCUT2D eigenvalue weighted by atomic mass is 9.80. The number of hydrogen-bond donors (Lipinski definition) is 2. The van der Waals surface area contributed by atoms with E-state index in [1.165, 1.54) is 0 Å². The van der Waals surface area contributed by atoms with E-state index < -0.39 is 5.60 Å². The molecular formula is C15H21NO4. The highest BCUT2D eigenvalue weighted by Crippen LogP contribution is 2.30. The minimum absolute atomic E-state index is 0.0832. The molecule has 1 aromatic carbocycles. The number of aliphatic hydroxyl groups is 1. The summed E-state index contributed by atoms with van der Waals surface area (Å²) < 4.78 is 10.9. The Labute approximate surface area is 118 Å². The maximum Gasteiger partial charge on any atom is 0.258 e. The van der Waals surface area contributed by atoms with Crippen molar-refractivity contribution < 1.29 is 19.4 Å². The fraction of sp³-hybridized carbons (Fsp3) is 0.533. The van der Waals surface area contributed by atoms with Crippen LogP contribution in [0.1, 0.15) is 26.2 Å². The van der Waals surface area contributed by atoms with Gasteiger partial charge < -0.3 is 19.9 Å². The fourth-order valence-corrected chi connectivity index (χ4v) is 2.06. The molecule has 0 heterocycles. The zero-order chi connectivity index (χ0) is 14.4. The first-order valence-corrected chi connectivity index (χ1v) is 6.97. The summed E-state index contributed by atoms with van der Waals surface area (Å²) in [5.74, 6) is 0.934. The van der Waals surface area contributed by atoms with Crippen molar-refractivity contribution in [3.63, 3.8) is 0 Å². The van der Waals surface area contributed by atoms with Gasteiger partial charge in [-0.05, 0) is 38.3 Å². The first-order chi connectivity index (χ1) is 9.63. The van der Waals surface area contributed by atoms with Gasteiger partial charge in [-0.2, -0.15) is 0 Å². The highest BCUT2D eigenvalue weighted by molar-refractivity contribution is 5.77. The Morgan fingerprint density at radius 2 is 1.95 bits per heavy atom. The summed E-state index contributed by atoms with van der Waals surface area (Å²) in [7, 11) is 0. The third kappa shape index (κ3) is 3.87. The predicted molar refractivity (Wildman–Crippen MR) is 74.9 cm³/mol. The lowest BCUT2D eigenvalue weighted by Gasteiger charge is -2.36. The van der Waals surface area contributed by atoms with Crippen LogP contribution in [0.25, 0.3) is 0 Å². The first kappa shape index (κ1) is 14.7. The Bertz CT molecular complexity index is 457. The second-order valence-electron chi connectivity index (χ2n) is 5.02. The Balaban J connectivity index is 1.78. The standard InChI is InChI=1S/C15H21NO4/c1-2-19-12-6-3-4-7-13(12)20-10-14(17)16-11-15(18)8-5-9-15/h3-4,6-7,18H,2,5,8-11H2,1H3,(H,16,17). The summed E-state index contributed by atoms with van der Waals surface area (Å²) in [6.45, 7) is 2.64. The number of hydrogen-bond acceptors (Lipinski definition) is 4. The number of carbonyl (C=O) groups is 1. The lowest BCUT2D eigenvalue weighted by Crippen LogP contribution is -2.48. The smallest absolute Gasteiger partial charge is 0.258 e. The van der Waals surface area contributed by atoms with Gasteiger partial charge in [0.15, 0.2) is 18.1 Å². The molecule has 0 aliphatic heterocycles. The number of carbonyl (C=O) groups excluding carboxylic acids is 1. The van der Waals surface area contributed by atoms with E-state index in [9.17, 15) is 9.90 Å². The van der Waals surface area contributed by atoms with Gasteiger partial charge in [-0.25, -0.2) is 0 Å². The molecule has 0 radical (unpaired) electrons. The monoisotopic (exact) mass is 279 g/mol. The molecule has 20 heavy (non-hydrogen) atoms. The molecule has 0 spiro atoms. The van der Waals surface area contributed by atoms with Gasteiger partial charge in [0.1, 0.15) is 0 Å². The highest BCUT2D eigenvalue weighted by atomic mass is 16.5. The molecular weight excluding hydrogens is 258 g/mol. The lowest BCUT2D eigenvalue weighted by molar-refractivity contribution is -0.125. The van der Waals surface area contributed by atoms with E-state index in [1.807, 2.05) is 19.1 Å². The van der Waals surface area contributed by atoms with E-state index in [2.05, 4.69) is 5.32 Å². The van der Waals surface area contributed by atoms with E-state index >= 15 is 0 Å². The zero-order valence-corrected chi connectivity index (χ0v) is 11.7. The van der Waals surface area contributed by atoms with Crippen LogP contribution in [-0.2, 0) is 4.79 Å². The second-order valence-corrected chi connectivity index (χ2v) is 5.02. The highest BCUT2D eigenvalue weighted by Gasteiger charge is 2.34. The van der Waals surface area contributed by atoms with Gasteiger partial charge in [-0.1, -0.05) is 12.1 Å². The van der Waals surface area contributed by atoms with Crippen LogP contribution < -0.4 is 14.8 Å². The summed E-state index contributed by atoms with van der Waals surface area (Å²) in [4.78, 5) is 11.7. The molecule has 0 aromatic heterocycles. The maximum absolute atomic E-state index is 11.7. The van der Waals surface area contributed by atoms with Crippen molar-refractivity contribution in [2.75, 3.05) is 19.8 Å². The van der Waals surface area contributed by atoms with Gasteiger partial charge in [0.05, 0.1) is 12.2 Å².